The number of benzene rings is 1. The van der Waals surface area contributed by atoms with E-state index >= 15 is 0 Å². The molecular weight excluding hydrogens is 232 g/mol. The molecule has 0 aliphatic heterocycles. The van der Waals surface area contributed by atoms with Crippen molar-refractivity contribution in [1.82, 2.24) is 9.55 Å². The number of hydrogen-bond donors (Lipinski definition) is 0. The van der Waals surface area contributed by atoms with Gasteiger partial charge in [0.15, 0.2) is 0 Å². The van der Waals surface area contributed by atoms with E-state index in [-0.39, 0.29) is 0 Å². The molecule has 2 aromatic rings. The second-order valence-electron chi connectivity index (χ2n) is 5.29. The first-order valence-electron chi connectivity index (χ1n) is 6.83. The van der Waals surface area contributed by atoms with E-state index in [0.29, 0.717) is 12.0 Å². The van der Waals surface area contributed by atoms with Gasteiger partial charge in [-0.1, -0.05) is 37.3 Å². The monoisotopic (exact) mass is 254 g/mol. The zero-order chi connectivity index (χ0) is 13.8. The number of para-hydroxylation sites is 2. The molecule has 2 nitrogen and oxygen atoms in total. The SMILES string of the molecule is C=CC(C)CCC(C(=C)C)n1cnc2ccccc21. The van der Waals surface area contributed by atoms with Crippen LogP contribution in [-0.2, 0) is 0 Å². The molecule has 2 atom stereocenters. The number of nitrogens with zero attached hydrogens (tertiary/aromatic N) is 2. The molecule has 0 amide bonds. The summed E-state index contributed by atoms with van der Waals surface area (Å²) in [6.45, 7) is 12.3. The van der Waals surface area contributed by atoms with Gasteiger partial charge in [0.2, 0.25) is 0 Å². The van der Waals surface area contributed by atoms with Gasteiger partial charge in [0, 0.05) is 0 Å². The summed E-state index contributed by atoms with van der Waals surface area (Å²) in [6.07, 6.45) is 6.14. The third kappa shape index (κ3) is 2.95. The van der Waals surface area contributed by atoms with Crippen molar-refractivity contribution in [1.29, 1.82) is 0 Å². The van der Waals surface area contributed by atoms with Crippen LogP contribution in [0.4, 0.5) is 0 Å². The van der Waals surface area contributed by atoms with E-state index in [9.17, 15) is 0 Å². The first-order chi connectivity index (χ1) is 9.13. The normalized spacial score (nSPS) is 14.2. The van der Waals surface area contributed by atoms with Gasteiger partial charge in [-0.2, -0.15) is 0 Å². The van der Waals surface area contributed by atoms with Gasteiger partial charge in [0.05, 0.1) is 23.4 Å². The average molecular weight is 254 g/mol. The first-order valence-corrected chi connectivity index (χ1v) is 6.83. The van der Waals surface area contributed by atoms with E-state index in [2.05, 4.69) is 48.7 Å². The van der Waals surface area contributed by atoms with Crippen molar-refractivity contribution in [3.63, 3.8) is 0 Å². The topological polar surface area (TPSA) is 17.8 Å². The van der Waals surface area contributed by atoms with E-state index in [1.54, 1.807) is 0 Å². The smallest absolute Gasteiger partial charge is 0.0964 e. The van der Waals surface area contributed by atoms with Crippen LogP contribution < -0.4 is 0 Å². The van der Waals surface area contributed by atoms with Crippen molar-refractivity contribution in [2.24, 2.45) is 5.92 Å². The molecule has 2 heteroatoms. The number of imidazole rings is 1. The molecular formula is C17H22N2. The highest BCUT2D eigenvalue weighted by molar-refractivity contribution is 5.75. The maximum absolute atomic E-state index is 4.47. The molecule has 0 radical (unpaired) electrons. The molecule has 0 fully saturated rings. The number of rotatable bonds is 6. The lowest BCUT2D eigenvalue weighted by atomic mass is 9.98. The summed E-state index contributed by atoms with van der Waals surface area (Å²) in [6, 6.07) is 8.57. The van der Waals surface area contributed by atoms with Gasteiger partial charge in [0.1, 0.15) is 0 Å². The summed E-state index contributed by atoms with van der Waals surface area (Å²) < 4.78 is 2.24. The van der Waals surface area contributed by atoms with Gasteiger partial charge in [0.25, 0.3) is 0 Å². The van der Waals surface area contributed by atoms with Crippen LogP contribution in [0.2, 0.25) is 0 Å². The largest absolute Gasteiger partial charge is 0.323 e. The van der Waals surface area contributed by atoms with Crippen molar-refractivity contribution in [2.45, 2.75) is 32.7 Å². The molecule has 100 valence electrons. The van der Waals surface area contributed by atoms with Crippen LogP contribution in [0, 0.1) is 5.92 Å². The lowest BCUT2D eigenvalue weighted by molar-refractivity contribution is 0.483. The van der Waals surface area contributed by atoms with Crippen LogP contribution in [-0.4, -0.2) is 9.55 Å². The van der Waals surface area contributed by atoms with Crippen LogP contribution in [0.3, 0.4) is 0 Å². The molecule has 0 saturated carbocycles. The minimum Gasteiger partial charge on any atom is -0.323 e. The van der Waals surface area contributed by atoms with Gasteiger partial charge >= 0.3 is 0 Å². The Morgan fingerprint density at radius 2 is 2.11 bits per heavy atom. The molecule has 0 N–H and O–H groups in total. The highest BCUT2D eigenvalue weighted by Crippen LogP contribution is 2.27. The lowest BCUT2D eigenvalue weighted by Crippen LogP contribution is -2.10. The predicted octanol–water partition coefficient (Wildman–Crippen LogP) is 4.76. The van der Waals surface area contributed by atoms with E-state index < -0.39 is 0 Å². The molecule has 1 aromatic heterocycles. The zero-order valence-corrected chi connectivity index (χ0v) is 11.8. The van der Waals surface area contributed by atoms with Crippen LogP contribution in [0.25, 0.3) is 11.0 Å². The molecule has 0 aliphatic rings. The van der Waals surface area contributed by atoms with E-state index in [1.165, 1.54) is 11.1 Å². The quantitative estimate of drug-likeness (QED) is 0.680. The molecule has 0 aliphatic carbocycles. The fraction of sp³-hybridized carbons (Fsp3) is 0.353. The third-order valence-electron chi connectivity index (χ3n) is 3.68. The average Bonchev–Trinajstić information content (AvgIpc) is 2.82. The van der Waals surface area contributed by atoms with Crippen LogP contribution in [0.15, 0.2) is 55.4 Å². The maximum Gasteiger partial charge on any atom is 0.0964 e. The lowest BCUT2D eigenvalue weighted by Gasteiger charge is -2.21. The van der Waals surface area contributed by atoms with Gasteiger partial charge < -0.3 is 4.57 Å². The Bertz CT molecular complexity index is 580. The molecule has 1 aromatic carbocycles. The van der Waals surface area contributed by atoms with E-state index in [4.69, 9.17) is 0 Å². The Kier molecular flexibility index (Phi) is 4.20. The standard InChI is InChI=1S/C17H22N2/c1-5-14(4)10-11-16(13(2)3)19-12-18-15-8-6-7-9-17(15)19/h5-9,12,14,16H,1-2,10-11H2,3-4H3. The van der Waals surface area contributed by atoms with Crippen molar-refractivity contribution in [3.8, 4) is 0 Å². The van der Waals surface area contributed by atoms with Crippen LogP contribution >= 0.6 is 0 Å². The third-order valence-corrected chi connectivity index (χ3v) is 3.68. The second-order valence-corrected chi connectivity index (χ2v) is 5.29. The molecule has 19 heavy (non-hydrogen) atoms. The summed E-state index contributed by atoms with van der Waals surface area (Å²) in [5, 5.41) is 0. The Labute approximate surface area is 115 Å². The Balaban J connectivity index is 2.28. The fourth-order valence-electron chi connectivity index (χ4n) is 2.39. The van der Waals surface area contributed by atoms with Gasteiger partial charge in [-0.15, -0.1) is 6.58 Å². The molecule has 1 heterocycles. The zero-order valence-electron chi connectivity index (χ0n) is 11.8. The second kappa shape index (κ2) is 5.87. The van der Waals surface area contributed by atoms with Gasteiger partial charge in [-0.05, 0) is 37.8 Å². The summed E-state index contributed by atoms with van der Waals surface area (Å²) in [5.74, 6) is 0.539. The fourth-order valence-corrected chi connectivity index (χ4v) is 2.39. The molecule has 2 rings (SSSR count). The Hall–Kier alpha value is -1.83. The van der Waals surface area contributed by atoms with Gasteiger partial charge in [-0.3, -0.25) is 0 Å². The van der Waals surface area contributed by atoms with E-state index in [1.807, 2.05) is 24.5 Å². The summed E-state index contributed by atoms with van der Waals surface area (Å²) >= 11 is 0. The maximum atomic E-state index is 4.47. The molecule has 0 spiro atoms. The van der Waals surface area contributed by atoms with Crippen molar-refractivity contribution < 1.29 is 0 Å². The van der Waals surface area contributed by atoms with Crippen LogP contribution in [0.1, 0.15) is 32.7 Å². The molecule has 0 saturated heterocycles. The first kappa shape index (κ1) is 13.6. The molecule has 0 bridgehead atoms. The summed E-state index contributed by atoms with van der Waals surface area (Å²) in [4.78, 5) is 4.47. The summed E-state index contributed by atoms with van der Waals surface area (Å²) in [5.41, 5.74) is 3.41. The van der Waals surface area contributed by atoms with Crippen LogP contribution in [0.5, 0.6) is 0 Å². The van der Waals surface area contributed by atoms with Gasteiger partial charge in [-0.25, -0.2) is 4.98 Å². The minimum absolute atomic E-state index is 0.315. The molecule has 2 unspecified atom stereocenters. The minimum atomic E-state index is 0.315. The highest BCUT2D eigenvalue weighted by atomic mass is 15.1. The Morgan fingerprint density at radius 1 is 1.37 bits per heavy atom. The van der Waals surface area contributed by atoms with Crippen molar-refractivity contribution >= 4 is 11.0 Å². The Morgan fingerprint density at radius 3 is 2.79 bits per heavy atom. The highest BCUT2D eigenvalue weighted by Gasteiger charge is 2.15. The number of hydrogen-bond acceptors (Lipinski definition) is 1. The van der Waals surface area contributed by atoms with E-state index in [0.717, 1.165) is 18.4 Å². The number of aromatic nitrogens is 2. The van der Waals surface area contributed by atoms with Crippen molar-refractivity contribution in [2.75, 3.05) is 0 Å². The van der Waals surface area contributed by atoms with Crippen molar-refractivity contribution in [3.05, 3.63) is 55.4 Å². The predicted molar refractivity (Wildman–Crippen MR) is 82.2 cm³/mol. The number of allylic oxidation sites excluding steroid dienone is 2. The summed E-state index contributed by atoms with van der Waals surface area (Å²) in [7, 11) is 0. The number of fused-ring (bicyclic) bond motifs is 1.